The molecule has 0 spiro atoms. The number of nitrogens with zero attached hydrogens (tertiary/aromatic N) is 2. The molecule has 0 aliphatic heterocycles. The van der Waals surface area contributed by atoms with Gasteiger partial charge in [-0.3, -0.25) is 9.59 Å². The first-order valence-corrected chi connectivity index (χ1v) is 8.65. The van der Waals surface area contributed by atoms with Crippen molar-refractivity contribution in [2.45, 2.75) is 19.4 Å². The molecule has 2 aromatic rings. The van der Waals surface area contributed by atoms with Gasteiger partial charge in [0.1, 0.15) is 11.5 Å². The number of halogens is 3. The maximum absolute atomic E-state index is 12.4. The number of ether oxygens (including phenoxy) is 2. The normalized spacial score (nSPS) is 11.7. The Bertz CT molecular complexity index is 922. The summed E-state index contributed by atoms with van der Waals surface area (Å²) in [6.45, 7) is 1.23. The minimum Gasteiger partial charge on any atom is -0.481 e. The first-order valence-electron chi connectivity index (χ1n) is 8.65. The SMILES string of the molecule is CC(Oc1ccc(C#N)cc1)C(=O)N(C)CC(=O)Nc1ccc(OC(F)(F)F)cc1. The summed E-state index contributed by atoms with van der Waals surface area (Å²) in [7, 11) is 1.42. The van der Waals surface area contributed by atoms with Crippen LogP contribution < -0.4 is 14.8 Å². The van der Waals surface area contributed by atoms with Gasteiger partial charge in [0.15, 0.2) is 6.10 Å². The topological polar surface area (TPSA) is 91.7 Å². The molecule has 10 heteroatoms. The molecule has 0 fully saturated rings. The zero-order chi connectivity index (χ0) is 22.3. The Morgan fingerprint density at radius 1 is 1.10 bits per heavy atom. The molecule has 1 unspecified atom stereocenters. The number of carbonyl (C=O) groups is 2. The Hall–Kier alpha value is -3.74. The molecular weight excluding hydrogens is 403 g/mol. The number of hydrogen-bond acceptors (Lipinski definition) is 5. The van der Waals surface area contributed by atoms with Crippen LogP contribution >= 0.6 is 0 Å². The van der Waals surface area contributed by atoms with E-state index >= 15 is 0 Å². The number of anilines is 1. The van der Waals surface area contributed by atoms with Crippen LogP contribution in [0.5, 0.6) is 11.5 Å². The molecule has 0 heterocycles. The van der Waals surface area contributed by atoms with Crippen LogP contribution in [0.15, 0.2) is 48.5 Å². The van der Waals surface area contributed by atoms with Crippen LogP contribution in [-0.4, -0.2) is 42.8 Å². The maximum atomic E-state index is 12.4. The number of carbonyl (C=O) groups excluding carboxylic acids is 2. The van der Waals surface area contributed by atoms with Crippen molar-refractivity contribution in [1.29, 1.82) is 5.26 Å². The molecule has 30 heavy (non-hydrogen) atoms. The van der Waals surface area contributed by atoms with Crippen LogP contribution in [0.4, 0.5) is 18.9 Å². The average Bonchev–Trinajstić information content (AvgIpc) is 2.68. The molecule has 0 aliphatic carbocycles. The standard InChI is InChI=1S/C20H18F3N3O4/c1-13(29-16-7-3-14(11-24)4-8-16)19(28)26(2)12-18(27)25-15-5-9-17(10-6-15)30-20(21,22)23/h3-10,13H,12H2,1-2H3,(H,25,27). The van der Waals surface area contributed by atoms with Crippen molar-refractivity contribution < 1.29 is 32.2 Å². The van der Waals surface area contributed by atoms with Crippen molar-refractivity contribution in [3.8, 4) is 17.6 Å². The lowest BCUT2D eigenvalue weighted by Crippen LogP contribution is -2.41. The van der Waals surface area contributed by atoms with E-state index in [1.54, 1.807) is 24.3 Å². The minimum atomic E-state index is -4.80. The van der Waals surface area contributed by atoms with E-state index in [0.717, 1.165) is 17.0 Å². The van der Waals surface area contributed by atoms with Crippen LogP contribution in [-0.2, 0) is 9.59 Å². The van der Waals surface area contributed by atoms with E-state index in [2.05, 4.69) is 10.1 Å². The second-order valence-corrected chi connectivity index (χ2v) is 6.21. The molecule has 0 aliphatic rings. The zero-order valence-corrected chi connectivity index (χ0v) is 16.1. The van der Waals surface area contributed by atoms with E-state index in [4.69, 9.17) is 10.00 Å². The molecule has 158 valence electrons. The highest BCUT2D eigenvalue weighted by Crippen LogP contribution is 2.24. The predicted octanol–water partition coefficient (Wildman–Crippen LogP) is 3.32. The fraction of sp³-hybridized carbons (Fsp3) is 0.250. The molecule has 2 amide bonds. The van der Waals surface area contributed by atoms with E-state index in [9.17, 15) is 22.8 Å². The predicted molar refractivity (Wildman–Crippen MR) is 101 cm³/mol. The summed E-state index contributed by atoms with van der Waals surface area (Å²) in [6, 6.07) is 12.8. The van der Waals surface area contributed by atoms with Crippen molar-refractivity contribution in [3.05, 3.63) is 54.1 Å². The van der Waals surface area contributed by atoms with Crippen LogP contribution in [0, 0.1) is 11.3 Å². The Balaban J connectivity index is 1.86. The number of rotatable bonds is 7. The third-order valence-electron chi connectivity index (χ3n) is 3.77. The lowest BCUT2D eigenvalue weighted by molar-refractivity contribution is -0.274. The van der Waals surface area contributed by atoms with Crippen LogP contribution in [0.2, 0.25) is 0 Å². The highest BCUT2D eigenvalue weighted by molar-refractivity contribution is 5.95. The molecule has 7 nitrogen and oxygen atoms in total. The van der Waals surface area contributed by atoms with Gasteiger partial charge in [-0.25, -0.2) is 0 Å². The maximum Gasteiger partial charge on any atom is 0.573 e. The molecule has 0 saturated carbocycles. The van der Waals surface area contributed by atoms with Gasteiger partial charge in [-0.15, -0.1) is 13.2 Å². The zero-order valence-electron chi connectivity index (χ0n) is 16.1. The third kappa shape index (κ3) is 7.01. The first kappa shape index (κ1) is 22.5. The van der Waals surface area contributed by atoms with Gasteiger partial charge in [-0.1, -0.05) is 0 Å². The van der Waals surface area contributed by atoms with Crippen LogP contribution in [0.25, 0.3) is 0 Å². The number of likely N-dealkylation sites (N-methyl/N-ethyl adjacent to an activating group) is 1. The van der Waals surface area contributed by atoms with E-state index < -0.39 is 30.0 Å². The van der Waals surface area contributed by atoms with E-state index in [0.29, 0.717) is 11.3 Å². The molecule has 0 aromatic heterocycles. The summed E-state index contributed by atoms with van der Waals surface area (Å²) < 4.78 is 45.7. The number of nitrogens with one attached hydrogen (secondary N) is 1. The smallest absolute Gasteiger partial charge is 0.481 e. The Labute approximate surface area is 170 Å². The summed E-state index contributed by atoms with van der Waals surface area (Å²) in [5, 5.41) is 11.3. The molecule has 0 radical (unpaired) electrons. The highest BCUT2D eigenvalue weighted by atomic mass is 19.4. The fourth-order valence-electron chi connectivity index (χ4n) is 2.41. The number of amides is 2. The first-order chi connectivity index (χ1) is 14.1. The minimum absolute atomic E-state index is 0.247. The van der Waals surface area contributed by atoms with Crippen molar-refractivity contribution in [1.82, 2.24) is 4.90 Å². The molecule has 0 saturated heterocycles. The molecule has 2 rings (SSSR count). The second-order valence-electron chi connectivity index (χ2n) is 6.21. The fourth-order valence-corrected chi connectivity index (χ4v) is 2.41. The van der Waals surface area contributed by atoms with Gasteiger partial charge in [0.05, 0.1) is 18.2 Å². The molecule has 1 N–H and O–H groups in total. The number of alkyl halides is 3. The van der Waals surface area contributed by atoms with Gasteiger partial charge < -0.3 is 19.7 Å². The summed E-state index contributed by atoms with van der Waals surface area (Å²) in [5.41, 5.74) is 0.699. The van der Waals surface area contributed by atoms with Crippen molar-refractivity contribution >= 4 is 17.5 Å². The molecule has 1 atom stereocenters. The highest BCUT2D eigenvalue weighted by Gasteiger charge is 2.31. The average molecular weight is 421 g/mol. The van der Waals surface area contributed by atoms with E-state index in [1.165, 1.54) is 26.1 Å². The van der Waals surface area contributed by atoms with Crippen molar-refractivity contribution in [2.75, 3.05) is 18.9 Å². The summed E-state index contributed by atoms with van der Waals surface area (Å²) in [5.74, 6) is -1.01. The second kappa shape index (κ2) is 9.65. The summed E-state index contributed by atoms with van der Waals surface area (Å²) >= 11 is 0. The van der Waals surface area contributed by atoms with Gasteiger partial charge in [-0.2, -0.15) is 5.26 Å². The molecule has 0 bridgehead atoms. The Morgan fingerprint density at radius 3 is 2.20 bits per heavy atom. The van der Waals surface area contributed by atoms with Gasteiger partial charge in [0.2, 0.25) is 5.91 Å². The van der Waals surface area contributed by atoms with Gasteiger partial charge in [0.25, 0.3) is 5.91 Å². The van der Waals surface area contributed by atoms with Crippen molar-refractivity contribution in [2.24, 2.45) is 0 Å². The Morgan fingerprint density at radius 2 is 1.67 bits per heavy atom. The third-order valence-corrected chi connectivity index (χ3v) is 3.77. The monoisotopic (exact) mass is 421 g/mol. The number of nitriles is 1. The van der Waals surface area contributed by atoms with E-state index in [1.807, 2.05) is 6.07 Å². The number of hydrogen-bond donors (Lipinski definition) is 1. The van der Waals surface area contributed by atoms with Gasteiger partial charge in [0, 0.05) is 12.7 Å². The Kier molecular flexibility index (Phi) is 7.25. The lowest BCUT2D eigenvalue weighted by atomic mass is 10.2. The number of benzene rings is 2. The van der Waals surface area contributed by atoms with Crippen molar-refractivity contribution in [3.63, 3.8) is 0 Å². The van der Waals surface area contributed by atoms with Gasteiger partial charge in [-0.05, 0) is 55.5 Å². The quantitative estimate of drug-likeness (QED) is 0.741. The lowest BCUT2D eigenvalue weighted by Gasteiger charge is -2.21. The molecular formula is C20H18F3N3O4. The molecule has 2 aromatic carbocycles. The van der Waals surface area contributed by atoms with Gasteiger partial charge >= 0.3 is 6.36 Å². The summed E-state index contributed by atoms with van der Waals surface area (Å²) in [4.78, 5) is 25.6. The summed E-state index contributed by atoms with van der Waals surface area (Å²) in [6.07, 6.45) is -5.68. The van der Waals surface area contributed by atoms with Crippen LogP contribution in [0.3, 0.4) is 0 Å². The van der Waals surface area contributed by atoms with Crippen LogP contribution in [0.1, 0.15) is 12.5 Å². The van der Waals surface area contributed by atoms with E-state index in [-0.39, 0.29) is 12.2 Å². The largest absolute Gasteiger partial charge is 0.573 e.